The Morgan fingerprint density at radius 1 is 0.784 bits per heavy atom. The monoisotopic (exact) mass is 722 g/mol. The number of carbonyl (C=O) groups excluding carboxylic acids is 5. The number of aromatic hydroxyl groups is 1. The average Bonchev–Trinajstić information content (AvgIpc) is 3.47. The van der Waals surface area contributed by atoms with Gasteiger partial charge < -0.3 is 5.11 Å². The highest BCUT2D eigenvalue weighted by Gasteiger charge is 2.76. The maximum atomic E-state index is 14.5. The van der Waals surface area contributed by atoms with Crippen molar-refractivity contribution in [3.63, 3.8) is 0 Å². The molecule has 0 bridgehead atoms. The minimum Gasteiger partial charge on any atom is -0.508 e. The summed E-state index contributed by atoms with van der Waals surface area (Å²) in [4.78, 5) is 68.2. The molecule has 2 aliphatic heterocycles. The minimum atomic E-state index is -2.08. The van der Waals surface area contributed by atoms with E-state index in [4.69, 9.17) is 23.2 Å². The summed E-state index contributed by atoms with van der Waals surface area (Å²) in [5.74, 6) is -6.79. The average molecular weight is 724 g/mol. The second-order valence-electron chi connectivity index (χ2n) is 13.6. The first-order valence-corrected chi connectivity index (χ1v) is 17.2. The largest absolute Gasteiger partial charge is 0.508 e. The molecule has 4 aliphatic rings. The lowest BCUT2D eigenvalue weighted by molar-refractivity contribution is -0.125. The van der Waals surface area contributed by atoms with Gasteiger partial charge in [-0.3, -0.25) is 28.9 Å². The number of hydrogen-bond donors (Lipinski definition) is 1. The standard InChI is InChI=1S/C40H29Cl2FN2O6/c1-21-19-24(9-18-31(21)46)33-28-16-17-29-32(30(28)20-39(41)37(50)45(38(51)40(33,39)42)27-14-10-25(43)11-15-27)36(49)44(35(29)48)26-12-7-23(8-13-26)34(47)22-5-3-2-4-6-22/h2-16,18-19,29-30,32-33,46H,17,20H2,1H3/t29-,30+,32-,33-,39+,40-/m0/s1. The second-order valence-corrected chi connectivity index (χ2v) is 14.8. The third kappa shape index (κ3) is 4.67. The van der Waals surface area contributed by atoms with E-state index in [9.17, 15) is 33.5 Å². The van der Waals surface area contributed by atoms with Crippen molar-refractivity contribution in [2.24, 2.45) is 17.8 Å². The van der Waals surface area contributed by atoms with Crippen LogP contribution < -0.4 is 9.80 Å². The molecule has 6 atom stereocenters. The summed E-state index contributed by atoms with van der Waals surface area (Å²) in [6, 6.07) is 24.6. The molecule has 11 heteroatoms. The molecule has 2 aliphatic carbocycles. The molecule has 8 nitrogen and oxygen atoms in total. The number of carbonyl (C=O) groups is 5. The molecule has 8 rings (SSSR count). The molecule has 3 fully saturated rings. The molecule has 4 amide bonds. The minimum absolute atomic E-state index is 0.00927. The van der Waals surface area contributed by atoms with E-state index in [1.165, 1.54) is 18.2 Å². The fourth-order valence-corrected chi connectivity index (χ4v) is 9.34. The van der Waals surface area contributed by atoms with Gasteiger partial charge in [-0.2, -0.15) is 0 Å². The summed E-state index contributed by atoms with van der Waals surface area (Å²) in [7, 11) is 0. The maximum absolute atomic E-state index is 14.5. The molecule has 2 saturated heterocycles. The Morgan fingerprint density at radius 2 is 1.41 bits per heavy atom. The smallest absolute Gasteiger partial charge is 0.258 e. The molecule has 0 aromatic heterocycles. The van der Waals surface area contributed by atoms with Crippen molar-refractivity contribution in [2.75, 3.05) is 9.80 Å². The number of alkyl halides is 2. The Balaban J connectivity index is 1.20. The van der Waals surface area contributed by atoms with Crippen LogP contribution in [0.1, 0.15) is 45.8 Å². The number of amides is 4. The highest BCUT2D eigenvalue weighted by atomic mass is 35.5. The fraction of sp³-hybridized carbons (Fsp3) is 0.225. The Kier molecular flexibility index (Phi) is 7.59. The number of imide groups is 2. The van der Waals surface area contributed by atoms with E-state index < -0.39 is 62.9 Å². The van der Waals surface area contributed by atoms with E-state index in [-0.39, 0.29) is 30.1 Å². The number of allylic oxidation sites excluding steroid dienone is 2. The lowest BCUT2D eigenvalue weighted by Gasteiger charge is -2.50. The van der Waals surface area contributed by atoms with Crippen LogP contribution in [0.3, 0.4) is 0 Å². The molecule has 0 radical (unpaired) electrons. The number of anilines is 2. The molecule has 0 spiro atoms. The summed E-state index contributed by atoms with van der Waals surface area (Å²) >= 11 is 14.8. The number of fused-ring (bicyclic) bond motifs is 4. The third-order valence-electron chi connectivity index (χ3n) is 10.9. The van der Waals surface area contributed by atoms with Gasteiger partial charge in [0.2, 0.25) is 11.8 Å². The van der Waals surface area contributed by atoms with Crippen molar-refractivity contribution in [3.8, 4) is 5.75 Å². The highest BCUT2D eigenvalue weighted by Crippen LogP contribution is 2.66. The molecule has 51 heavy (non-hydrogen) atoms. The topological polar surface area (TPSA) is 112 Å². The van der Waals surface area contributed by atoms with Gasteiger partial charge >= 0.3 is 0 Å². The molecule has 256 valence electrons. The molecule has 1 N–H and O–H groups in total. The highest BCUT2D eigenvalue weighted by molar-refractivity contribution is 6.58. The van der Waals surface area contributed by atoms with E-state index >= 15 is 0 Å². The van der Waals surface area contributed by atoms with E-state index in [1.807, 2.05) is 12.1 Å². The second kappa shape index (κ2) is 11.7. The number of ketones is 1. The van der Waals surface area contributed by atoms with Gasteiger partial charge in [0.25, 0.3) is 11.8 Å². The fourth-order valence-electron chi connectivity index (χ4n) is 8.40. The van der Waals surface area contributed by atoms with Crippen LogP contribution in [0.2, 0.25) is 0 Å². The van der Waals surface area contributed by atoms with Crippen LogP contribution in [-0.2, 0) is 19.2 Å². The van der Waals surface area contributed by atoms with Gasteiger partial charge in [0.05, 0.1) is 23.2 Å². The van der Waals surface area contributed by atoms with E-state index in [1.54, 1.807) is 67.6 Å². The number of rotatable bonds is 5. The van der Waals surface area contributed by atoms with Crippen molar-refractivity contribution in [2.45, 2.75) is 35.4 Å². The zero-order valence-electron chi connectivity index (χ0n) is 27.1. The number of hydrogen-bond acceptors (Lipinski definition) is 6. The van der Waals surface area contributed by atoms with E-state index in [0.29, 0.717) is 33.5 Å². The summed E-state index contributed by atoms with van der Waals surface area (Å²) in [5.41, 5.74) is 2.86. The van der Waals surface area contributed by atoms with Crippen molar-refractivity contribution in [1.82, 2.24) is 0 Å². The molecular formula is C40H29Cl2FN2O6. The van der Waals surface area contributed by atoms with Crippen LogP contribution in [0.15, 0.2) is 109 Å². The SMILES string of the molecule is Cc1cc([C@H]2C3=CC[C@@H]4C(=O)N(c5ccc(C(=O)c6ccccc6)cc5)C(=O)[C@@H]4[C@@H]3C[C@@]3(Cl)C(=O)N(c4ccc(F)cc4)C(=O)[C@@]23Cl)ccc1O. The number of aryl methyl sites for hydroxylation is 1. The van der Waals surface area contributed by atoms with Crippen molar-refractivity contribution >= 4 is 64.0 Å². The first-order chi connectivity index (χ1) is 24.4. The number of phenolic OH excluding ortho intramolecular Hbond substituents is 1. The Hall–Kier alpha value is -5.12. The van der Waals surface area contributed by atoms with Crippen LogP contribution >= 0.6 is 23.2 Å². The van der Waals surface area contributed by atoms with Gasteiger partial charge in [-0.05, 0) is 91.4 Å². The van der Waals surface area contributed by atoms with Crippen LogP contribution in [0.25, 0.3) is 0 Å². The molecular weight excluding hydrogens is 694 g/mol. The van der Waals surface area contributed by atoms with Gasteiger partial charge in [0.15, 0.2) is 15.5 Å². The van der Waals surface area contributed by atoms with Crippen molar-refractivity contribution < 1.29 is 33.5 Å². The number of benzene rings is 4. The predicted molar refractivity (Wildman–Crippen MR) is 188 cm³/mol. The molecule has 0 unspecified atom stereocenters. The summed E-state index contributed by atoms with van der Waals surface area (Å²) < 4.78 is 13.9. The Morgan fingerprint density at radius 3 is 2.08 bits per heavy atom. The molecule has 1 saturated carbocycles. The number of halogens is 3. The van der Waals surface area contributed by atoms with Crippen molar-refractivity contribution in [3.05, 3.63) is 137 Å². The van der Waals surface area contributed by atoms with Gasteiger partial charge in [0, 0.05) is 17.0 Å². The number of phenols is 1. The normalized spacial score (nSPS) is 28.4. The van der Waals surface area contributed by atoms with Gasteiger partial charge in [-0.25, -0.2) is 9.29 Å². The first-order valence-electron chi connectivity index (χ1n) is 16.5. The van der Waals surface area contributed by atoms with Crippen LogP contribution in [0, 0.1) is 30.5 Å². The summed E-state index contributed by atoms with van der Waals surface area (Å²) in [5, 5.41) is 10.4. The van der Waals surface area contributed by atoms with Crippen molar-refractivity contribution in [1.29, 1.82) is 0 Å². The lowest BCUT2D eigenvalue weighted by Crippen LogP contribution is -2.60. The third-order valence-corrected chi connectivity index (χ3v) is 12.3. The molecule has 4 aromatic rings. The first kappa shape index (κ1) is 33.0. The zero-order valence-corrected chi connectivity index (χ0v) is 28.6. The predicted octanol–water partition coefficient (Wildman–Crippen LogP) is 6.84. The number of nitrogens with zero attached hydrogens (tertiary/aromatic N) is 2. The Labute approximate surface area is 302 Å². The van der Waals surface area contributed by atoms with E-state index in [0.717, 1.165) is 21.9 Å². The van der Waals surface area contributed by atoms with Crippen LogP contribution in [-0.4, -0.2) is 44.3 Å². The maximum Gasteiger partial charge on any atom is 0.258 e. The van der Waals surface area contributed by atoms with Crippen LogP contribution in [0.5, 0.6) is 5.75 Å². The summed E-state index contributed by atoms with van der Waals surface area (Å²) in [6.45, 7) is 1.68. The van der Waals surface area contributed by atoms with Gasteiger partial charge in [-0.15, -0.1) is 23.2 Å². The quantitative estimate of drug-likeness (QED) is 0.105. The van der Waals surface area contributed by atoms with Gasteiger partial charge in [0.1, 0.15) is 11.6 Å². The van der Waals surface area contributed by atoms with Gasteiger partial charge in [-0.1, -0.05) is 54.1 Å². The molecule has 4 aromatic carbocycles. The van der Waals surface area contributed by atoms with Crippen LogP contribution in [0.4, 0.5) is 15.8 Å². The summed E-state index contributed by atoms with van der Waals surface area (Å²) in [6.07, 6.45) is 1.77. The molecule has 2 heterocycles. The lowest BCUT2D eigenvalue weighted by atomic mass is 9.56. The van der Waals surface area contributed by atoms with E-state index in [2.05, 4.69) is 0 Å². The zero-order chi connectivity index (χ0) is 36.0. The Bertz CT molecular complexity index is 2210.